The number of pyridine rings is 2. The molecule has 3 rings (SSSR count). The van der Waals surface area contributed by atoms with Gasteiger partial charge in [-0.05, 0) is 42.8 Å². The van der Waals surface area contributed by atoms with E-state index in [1.807, 2.05) is 0 Å². The molecular weight excluding hydrogens is 497 g/mol. The molecule has 0 atom stereocenters. The molecule has 8 nitrogen and oxygen atoms in total. The molecule has 2 heterocycles. The summed E-state index contributed by atoms with van der Waals surface area (Å²) in [7, 11) is -4.56. The van der Waals surface area contributed by atoms with Gasteiger partial charge in [0.05, 0.1) is 21.2 Å². The Morgan fingerprint density at radius 1 is 1.06 bits per heavy atom. The number of hydrogen-bond acceptors (Lipinski definition) is 6. The summed E-state index contributed by atoms with van der Waals surface area (Å²) in [5.74, 6) is -1.09. The maximum absolute atomic E-state index is 13.2. The number of aromatic nitrogens is 2. The number of carbonyl (C=O) groups is 2. The molecule has 0 aliphatic heterocycles. The van der Waals surface area contributed by atoms with E-state index in [2.05, 4.69) is 20.0 Å². The van der Waals surface area contributed by atoms with Crippen molar-refractivity contribution >= 4 is 44.8 Å². The van der Waals surface area contributed by atoms with Crippen molar-refractivity contribution in [2.45, 2.75) is 24.9 Å². The van der Waals surface area contributed by atoms with Gasteiger partial charge in [0, 0.05) is 24.9 Å². The van der Waals surface area contributed by atoms with E-state index >= 15 is 0 Å². The van der Waals surface area contributed by atoms with Crippen molar-refractivity contribution < 1.29 is 31.2 Å². The van der Waals surface area contributed by atoms with Crippen molar-refractivity contribution in [2.24, 2.45) is 0 Å². The van der Waals surface area contributed by atoms with E-state index in [1.54, 1.807) is 0 Å². The summed E-state index contributed by atoms with van der Waals surface area (Å²) in [6, 6.07) is 6.22. The Morgan fingerprint density at radius 3 is 2.41 bits per heavy atom. The third-order valence-electron chi connectivity index (χ3n) is 4.46. The summed E-state index contributed by atoms with van der Waals surface area (Å²) in [6.45, 7) is 2.45. The molecule has 1 aromatic carbocycles. The number of rotatable bonds is 6. The minimum atomic E-state index is -4.76. The topological polar surface area (TPSA) is 118 Å². The van der Waals surface area contributed by atoms with E-state index in [4.69, 9.17) is 11.6 Å². The number of carbonyl (C=O) groups excluding carboxylic acids is 2. The van der Waals surface area contributed by atoms with Crippen molar-refractivity contribution in [2.75, 3.05) is 10.0 Å². The second kappa shape index (κ2) is 9.39. The van der Waals surface area contributed by atoms with Crippen LogP contribution in [0, 0.1) is 6.92 Å². The number of alkyl halides is 3. The SMILES string of the molecule is CC(=O)Nc1cc(C(=O)c2ncc(Cl)cc2NS(=O)(=O)c2ccc(C)c(C(F)(F)F)c2)ccn1. The fourth-order valence-corrected chi connectivity index (χ4v) is 4.17. The highest BCUT2D eigenvalue weighted by Gasteiger charge is 2.34. The van der Waals surface area contributed by atoms with E-state index < -0.39 is 38.3 Å². The van der Waals surface area contributed by atoms with Gasteiger partial charge < -0.3 is 5.32 Å². The second-order valence-electron chi connectivity index (χ2n) is 7.07. The molecule has 13 heteroatoms. The van der Waals surface area contributed by atoms with Crippen molar-refractivity contribution in [3.8, 4) is 0 Å². The van der Waals surface area contributed by atoms with Crippen molar-refractivity contribution in [3.63, 3.8) is 0 Å². The van der Waals surface area contributed by atoms with Gasteiger partial charge in [-0.15, -0.1) is 0 Å². The van der Waals surface area contributed by atoms with E-state index in [9.17, 15) is 31.2 Å². The first-order chi connectivity index (χ1) is 15.8. The molecule has 2 N–H and O–H groups in total. The first-order valence-electron chi connectivity index (χ1n) is 9.42. The Bertz CT molecular complexity index is 1400. The molecule has 0 saturated carbocycles. The van der Waals surface area contributed by atoms with Crippen LogP contribution in [0.5, 0.6) is 0 Å². The average Bonchev–Trinajstić information content (AvgIpc) is 2.72. The van der Waals surface area contributed by atoms with Crippen LogP contribution in [0.3, 0.4) is 0 Å². The zero-order valence-corrected chi connectivity index (χ0v) is 19.1. The fourth-order valence-electron chi connectivity index (χ4n) is 2.93. The van der Waals surface area contributed by atoms with Crippen LogP contribution in [0.4, 0.5) is 24.7 Å². The summed E-state index contributed by atoms with van der Waals surface area (Å²) in [6.07, 6.45) is -2.40. The Morgan fingerprint density at radius 2 is 1.76 bits per heavy atom. The van der Waals surface area contributed by atoms with Crippen LogP contribution in [0.25, 0.3) is 0 Å². The Kier molecular flexibility index (Phi) is 6.94. The summed E-state index contributed by atoms with van der Waals surface area (Å²) >= 11 is 5.92. The second-order valence-corrected chi connectivity index (χ2v) is 9.19. The lowest BCUT2D eigenvalue weighted by Crippen LogP contribution is -2.18. The summed E-state index contributed by atoms with van der Waals surface area (Å²) in [5, 5.41) is 2.38. The van der Waals surface area contributed by atoms with Crippen molar-refractivity contribution in [1.29, 1.82) is 0 Å². The maximum atomic E-state index is 13.2. The first-order valence-corrected chi connectivity index (χ1v) is 11.3. The fraction of sp³-hybridized carbons (Fsp3) is 0.143. The molecule has 0 unspecified atom stereocenters. The number of hydrogen-bond donors (Lipinski definition) is 2. The number of benzene rings is 1. The van der Waals surface area contributed by atoms with Gasteiger partial charge >= 0.3 is 6.18 Å². The average molecular weight is 513 g/mol. The van der Waals surface area contributed by atoms with Crippen LogP contribution in [-0.4, -0.2) is 30.1 Å². The molecular formula is C21H16ClF3N4O4S. The molecule has 0 radical (unpaired) electrons. The van der Waals surface area contributed by atoms with E-state index in [0.717, 1.165) is 24.4 Å². The largest absolute Gasteiger partial charge is 0.416 e. The van der Waals surface area contributed by atoms with Crippen molar-refractivity contribution in [1.82, 2.24) is 9.97 Å². The van der Waals surface area contributed by atoms with Gasteiger partial charge in [0.25, 0.3) is 10.0 Å². The molecule has 1 amide bonds. The first kappa shape index (κ1) is 25.1. The highest BCUT2D eigenvalue weighted by Crippen LogP contribution is 2.34. The highest BCUT2D eigenvalue weighted by molar-refractivity contribution is 7.92. The molecule has 0 aliphatic rings. The smallest absolute Gasteiger partial charge is 0.311 e. The van der Waals surface area contributed by atoms with E-state index in [1.165, 1.54) is 32.2 Å². The molecule has 0 aliphatic carbocycles. The minimum absolute atomic E-state index is 0.0173. The normalized spacial score (nSPS) is 11.7. The van der Waals surface area contributed by atoms with Crippen LogP contribution in [0.15, 0.2) is 53.7 Å². The standard InChI is InChI=1S/C21H16ClF3N4O4S/c1-11-3-4-15(9-16(11)21(23,24)25)34(32,33)29-17-8-14(22)10-27-19(17)20(31)13-5-6-26-18(7-13)28-12(2)30/h3-10,29H,1-2H3,(H,26,28,30). The number of sulfonamides is 1. The summed E-state index contributed by atoms with van der Waals surface area (Å²) in [5.41, 5.74) is -1.96. The number of aryl methyl sites for hydroxylation is 1. The molecule has 2 aromatic heterocycles. The predicted molar refractivity (Wildman–Crippen MR) is 118 cm³/mol. The number of amides is 1. The lowest BCUT2D eigenvalue weighted by molar-refractivity contribution is -0.138. The maximum Gasteiger partial charge on any atom is 0.416 e. The number of nitrogens with zero attached hydrogens (tertiary/aromatic N) is 2. The predicted octanol–water partition coefficient (Wildman–Crippen LogP) is 4.45. The molecule has 0 bridgehead atoms. The third-order valence-corrected chi connectivity index (χ3v) is 6.03. The van der Waals surface area contributed by atoms with Crippen LogP contribution in [-0.2, 0) is 21.0 Å². The molecule has 0 fully saturated rings. The van der Waals surface area contributed by atoms with Gasteiger partial charge in [0.2, 0.25) is 11.7 Å². The minimum Gasteiger partial charge on any atom is -0.311 e. The van der Waals surface area contributed by atoms with E-state index in [-0.39, 0.29) is 33.3 Å². The van der Waals surface area contributed by atoms with Gasteiger partial charge in [-0.3, -0.25) is 14.3 Å². The van der Waals surface area contributed by atoms with Crippen LogP contribution >= 0.6 is 11.6 Å². The molecule has 178 valence electrons. The summed E-state index contributed by atoms with van der Waals surface area (Å²) < 4.78 is 67.6. The van der Waals surface area contributed by atoms with Crippen molar-refractivity contribution in [3.05, 3.63) is 76.2 Å². The Hall–Kier alpha value is -3.51. The monoisotopic (exact) mass is 512 g/mol. The third kappa shape index (κ3) is 5.69. The summed E-state index contributed by atoms with van der Waals surface area (Å²) in [4.78, 5) is 31.4. The molecule has 3 aromatic rings. The quantitative estimate of drug-likeness (QED) is 0.471. The van der Waals surface area contributed by atoms with Crippen LogP contribution in [0.1, 0.15) is 34.1 Å². The zero-order valence-electron chi connectivity index (χ0n) is 17.6. The number of ketones is 1. The van der Waals surface area contributed by atoms with Gasteiger partial charge in [0.15, 0.2) is 0 Å². The number of anilines is 2. The lowest BCUT2D eigenvalue weighted by atomic mass is 10.1. The molecule has 0 spiro atoms. The van der Waals surface area contributed by atoms with Crippen LogP contribution < -0.4 is 10.0 Å². The van der Waals surface area contributed by atoms with Crippen LogP contribution in [0.2, 0.25) is 5.02 Å². The molecule has 0 saturated heterocycles. The number of nitrogens with one attached hydrogen (secondary N) is 2. The van der Waals surface area contributed by atoms with Gasteiger partial charge in [-0.1, -0.05) is 17.7 Å². The molecule has 34 heavy (non-hydrogen) atoms. The van der Waals surface area contributed by atoms with E-state index in [0.29, 0.717) is 6.07 Å². The Balaban J connectivity index is 2.02. The van der Waals surface area contributed by atoms with Gasteiger partial charge in [-0.25, -0.2) is 18.4 Å². The Labute approximate surface area is 197 Å². The van der Waals surface area contributed by atoms with Gasteiger partial charge in [-0.2, -0.15) is 13.2 Å². The highest BCUT2D eigenvalue weighted by atomic mass is 35.5. The zero-order chi connectivity index (χ0) is 25.3. The lowest BCUT2D eigenvalue weighted by Gasteiger charge is -2.15. The number of halogens is 4. The van der Waals surface area contributed by atoms with Gasteiger partial charge in [0.1, 0.15) is 11.5 Å².